The molecule has 18 heavy (non-hydrogen) atoms. The lowest BCUT2D eigenvalue weighted by atomic mass is 10.1. The molecule has 0 spiro atoms. The van der Waals surface area contributed by atoms with Gasteiger partial charge in [0, 0.05) is 18.9 Å². The molecule has 1 rings (SSSR count). The molecular formula is C14H21NO3. The summed E-state index contributed by atoms with van der Waals surface area (Å²) < 4.78 is 5.23. The first-order valence-electron chi connectivity index (χ1n) is 6.33. The maximum absolute atomic E-state index is 11.5. The Morgan fingerprint density at radius 2 is 2.06 bits per heavy atom. The summed E-state index contributed by atoms with van der Waals surface area (Å²) in [6, 6.07) is 7.44. The monoisotopic (exact) mass is 251 g/mol. The third-order valence-electron chi connectivity index (χ3n) is 2.51. The number of aliphatic hydroxyl groups is 1. The van der Waals surface area contributed by atoms with E-state index in [0.717, 1.165) is 24.1 Å². The molecule has 100 valence electrons. The summed E-state index contributed by atoms with van der Waals surface area (Å²) in [5.41, 5.74) is 1.80. The Morgan fingerprint density at radius 3 is 2.67 bits per heavy atom. The zero-order chi connectivity index (χ0) is 13.2. The van der Waals surface area contributed by atoms with Crippen LogP contribution in [-0.4, -0.2) is 30.8 Å². The highest BCUT2D eigenvalue weighted by Crippen LogP contribution is 2.09. The fourth-order valence-corrected chi connectivity index (χ4v) is 1.49. The Kier molecular flexibility index (Phi) is 7.06. The van der Waals surface area contributed by atoms with Crippen molar-refractivity contribution in [2.24, 2.45) is 0 Å². The maximum atomic E-state index is 11.5. The van der Waals surface area contributed by atoms with E-state index in [0.29, 0.717) is 13.0 Å². The fourth-order valence-electron chi connectivity index (χ4n) is 1.49. The molecule has 4 nitrogen and oxygen atoms in total. The van der Waals surface area contributed by atoms with Gasteiger partial charge in [-0.1, -0.05) is 25.5 Å². The van der Waals surface area contributed by atoms with Crippen LogP contribution in [0.5, 0.6) is 0 Å². The second-order valence-corrected chi connectivity index (χ2v) is 4.12. The number of unbranched alkanes of at least 4 members (excludes halogenated alkanes) is 1. The molecule has 0 saturated carbocycles. The van der Waals surface area contributed by atoms with Crippen molar-refractivity contribution in [2.45, 2.75) is 26.2 Å². The number of rotatable bonds is 8. The van der Waals surface area contributed by atoms with Crippen LogP contribution in [0.2, 0.25) is 0 Å². The van der Waals surface area contributed by atoms with Crippen molar-refractivity contribution in [1.82, 2.24) is 0 Å². The topological polar surface area (TPSA) is 58.6 Å². The molecule has 0 aromatic heterocycles. The first kappa shape index (κ1) is 14.7. The summed E-state index contributed by atoms with van der Waals surface area (Å²) >= 11 is 0. The van der Waals surface area contributed by atoms with E-state index in [4.69, 9.17) is 9.84 Å². The lowest BCUT2D eigenvalue weighted by Crippen LogP contribution is -2.18. The Balaban J connectivity index is 2.30. The van der Waals surface area contributed by atoms with Crippen molar-refractivity contribution in [2.75, 3.05) is 25.1 Å². The highest BCUT2D eigenvalue weighted by molar-refractivity contribution is 5.91. The van der Waals surface area contributed by atoms with Gasteiger partial charge in [-0.3, -0.25) is 4.79 Å². The van der Waals surface area contributed by atoms with E-state index in [1.807, 2.05) is 24.3 Å². The number of carbonyl (C=O) groups excluding carboxylic acids is 1. The van der Waals surface area contributed by atoms with E-state index in [2.05, 4.69) is 12.2 Å². The van der Waals surface area contributed by atoms with Crippen LogP contribution in [0.15, 0.2) is 24.3 Å². The van der Waals surface area contributed by atoms with Gasteiger partial charge in [0.25, 0.3) is 0 Å². The van der Waals surface area contributed by atoms with Crippen LogP contribution in [0.3, 0.4) is 0 Å². The summed E-state index contributed by atoms with van der Waals surface area (Å²) in [6.45, 7) is 2.94. The first-order valence-corrected chi connectivity index (χ1v) is 6.33. The molecule has 1 aromatic rings. The SMILES string of the molecule is CCCCOCC(=O)Nc1ccc(CCO)cc1. The average molecular weight is 251 g/mol. The average Bonchev–Trinajstić information content (AvgIpc) is 2.37. The van der Waals surface area contributed by atoms with E-state index in [1.54, 1.807) is 0 Å². The van der Waals surface area contributed by atoms with Crippen molar-refractivity contribution in [1.29, 1.82) is 0 Å². The molecule has 4 heteroatoms. The van der Waals surface area contributed by atoms with Gasteiger partial charge in [0.05, 0.1) is 0 Å². The second-order valence-electron chi connectivity index (χ2n) is 4.12. The number of hydrogen-bond acceptors (Lipinski definition) is 3. The first-order chi connectivity index (χ1) is 8.76. The summed E-state index contributed by atoms with van der Waals surface area (Å²) in [5, 5.41) is 11.6. The minimum Gasteiger partial charge on any atom is -0.396 e. The van der Waals surface area contributed by atoms with Crippen LogP contribution in [0.25, 0.3) is 0 Å². The van der Waals surface area contributed by atoms with E-state index >= 15 is 0 Å². The largest absolute Gasteiger partial charge is 0.396 e. The van der Waals surface area contributed by atoms with Crippen molar-refractivity contribution in [3.05, 3.63) is 29.8 Å². The standard InChI is InChI=1S/C14H21NO3/c1-2-3-10-18-11-14(17)15-13-6-4-12(5-7-13)8-9-16/h4-7,16H,2-3,8-11H2,1H3,(H,15,17). The van der Waals surface area contributed by atoms with Gasteiger partial charge in [0.2, 0.25) is 5.91 Å². The number of hydrogen-bond donors (Lipinski definition) is 2. The van der Waals surface area contributed by atoms with Crippen molar-refractivity contribution < 1.29 is 14.6 Å². The highest BCUT2D eigenvalue weighted by atomic mass is 16.5. The smallest absolute Gasteiger partial charge is 0.250 e. The molecule has 0 bridgehead atoms. The van der Waals surface area contributed by atoms with Gasteiger partial charge in [-0.15, -0.1) is 0 Å². The summed E-state index contributed by atoms with van der Waals surface area (Å²) in [6.07, 6.45) is 2.67. The lowest BCUT2D eigenvalue weighted by Gasteiger charge is -2.06. The zero-order valence-electron chi connectivity index (χ0n) is 10.8. The number of carbonyl (C=O) groups is 1. The third kappa shape index (κ3) is 5.80. The summed E-state index contributed by atoms with van der Waals surface area (Å²) in [5.74, 6) is -0.138. The van der Waals surface area contributed by atoms with Gasteiger partial charge >= 0.3 is 0 Å². The number of benzene rings is 1. The zero-order valence-corrected chi connectivity index (χ0v) is 10.8. The summed E-state index contributed by atoms with van der Waals surface area (Å²) in [7, 11) is 0. The number of aliphatic hydroxyl groups excluding tert-OH is 1. The minimum absolute atomic E-state index is 0.0956. The van der Waals surface area contributed by atoms with E-state index < -0.39 is 0 Å². The molecule has 1 aromatic carbocycles. The minimum atomic E-state index is -0.138. The molecule has 0 fully saturated rings. The predicted molar refractivity (Wildman–Crippen MR) is 71.6 cm³/mol. The molecule has 0 aliphatic rings. The van der Waals surface area contributed by atoms with Crippen LogP contribution in [0.1, 0.15) is 25.3 Å². The van der Waals surface area contributed by atoms with Gasteiger partial charge in [0.15, 0.2) is 0 Å². The van der Waals surface area contributed by atoms with Gasteiger partial charge in [-0.25, -0.2) is 0 Å². The van der Waals surface area contributed by atoms with Crippen molar-refractivity contribution >= 4 is 11.6 Å². The Bertz CT molecular complexity index is 349. The van der Waals surface area contributed by atoms with Gasteiger partial charge in [-0.2, -0.15) is 0 Å². The van der Waals surface area contributed by atoms with Crippen molar-refractivity contribution in [3.63, 3.8) is 0 Å². The lowest BCUT2D eigenvalue weighted by molar-refractivity contribution is -0.120. The Labute approximate surface area is 108 Å². The number of ether oxygens (including phenoxy) is 1. The van der Waals surface area contributed by atoms with Crippen LogP contribution in [-0.2, 0) is 16.0 Å². The maximum Gasteiger partial charge on any atom is 0.250 e. The molecule has 0 atom stereocenters. The molecule has 0 saturated heterocycles. The van der Waals surface area contributed by atoms with Crippen LogP contribution in [0.4, 0.5) is 5.69 Å². The molecule has 0 aliphatic carbocycles. The van der Waals surface area contributed by atoms with E-state index in [9.17, 15) is 4.79 Å². The van der Waals surface area contributed by atoms with Gasteiger partial charge in [-0.05, 0) is 30.5 Å². The van der Waals surface area contributed by atoms with Crippen molar-refractivity contribution in [3.8, 4) is 0 Å². The fraction of sp³-hybridized carbons (Fsp3) is 0.500. The molecular weight excluding hydrogens is 230 g/mol. The van der Waals surface area contributed by atoms with E-state index in [1.165, 1.54) is 0 Å². The Hall–Kier alpha value is -1.39. The third-order valence-corrected chi connectivity index (χ3v) is 2.51. The molecule has 0 radical (unpaired) electrons. The second kappa shape index (κ2) is 8.66. The molecule has 1 amide bonds. The molecule has 0 unspecified atom stereocenters. The van der Waals surface area contributed by atoms with Gasteiger partial charge < -0.3 is 15.2 Å². The predicted octanol–water partition coefficient (Wildman–Crippen LogP) is 1.98. The van der Waals surface area contributed by atoms with Crippen LogP contribution >= 0.6 is 0 Å². The van der Waals surface area contributed by atoms with Gasteiger partial charge in [0.1, 0.15) is 6.61 Å². The van der Waals surface area contributed by atoms with Crippen LogP contribution < -0.4 is 5.32 Å². The van der Waals surface area contributed by atoms with Crippen LogP contribution in [0, 0.1) is 0 Å². The summed E-state index contributed by atoms with van der Waals surface area (Å²) in [4.78, 5) is 11.5. The molecule has 0 aliphatic heterocycles. The normalized spacial score (nSPS) is 10.3. The highest BCUT2D eigenvalue weighted by Gasteiger charge is 2.02. The number of amides is 1. The Morgan fingerprint density at radius 1 is 1.33 bits per heavy atom. The van der Waals surface area contributed by atoms with E-state index in [-0.39, 0.29) is 19.1 Å². The number of anilines is 1. The molecule has 2 N–H and O–H groups in total. The molecule has 0 heterocycles. The quantitative estimate of drug-likeness (QED) is 0.694. The number of nitrogens with one attached hydrogen (secondary N) is 1.